The van der Waals surface area contributed by atoms with E-state index in [9.17, 15) is 4.79 Å². The Morgan fingerprint density at radius 1 is 1.36 bits per heavy atom. The first-order valence-corrected chi connectivity index (χ1v) is 4.28. The minimum Gasteiger partial charge on any atom is -0.495 e. The summed E-state index contributed by atoms with van der Waals surface area (Å²) < 4.78 is 6.74. The van der Waals surface area contributed by atoms with E-state index >= 15 is 0 Å². The lowest BCUT2D eigenvalue weighted by molar-refractivity contribution is 0.417. The number of methoxy groups -OCH3 is 1. The molecule has 0 aliphatic carbocycles. The summed E-state index contributed by atoms with van der Waals surface area (Å²) in [5.74, 6) is 0.669. The monoisotopic (exact) mass is 188 g/mol. The zero-order valence-electron chi connectivity index (χ0n) is 8.07. The van der Waals surface area contributed by atoms with Gasteiger partial charge in [0.2, 0.25) is 0 Å². The summed E-state index contributed by atoms with van der Waals surface area (Å²) >= 11 is 0. The summed E-state index contributed by atoms with van der Waals surface area (Å²) in [6.07, 6.45) is 0. The maximum Gasteiger partial charge on any atom is 0.250 e. The van der Waals surface area contributed by atoms with Gasteiger partial charge >= 0.3 is 0 Å². The van der Waals surface area contributed by atoms with Gasteiger partial charge in [-0.15, -0.1) is 0 Å². The molecule has 0 aliphatic rings. The highest BCUT2D eigenvalue weighted by atomic mass is 16.5. The van der Waals surface area contributed by atoms with Crippen LogP contribution in [-0.2, 0) is 7.05 Å². The molecule has 0 spiro atoms. The van der Waals surface area contributed by atoms with Crippen molar-refractivity contribution in [3.8, 4) is 5.75 Å². The Hall–Kier alpha value is -1.77. The maximum atomic E-state index is 11.4. The Morgan fingerprint density at radius 2 is 2.14 bits per heavy atom. The van der Waals surface area contributed by atoms with Crippen molar-refractivity contribution >= 4 is 10.9 Å². The standard InChI is InChI=1S/C11H10NO2/c1-12-10(13)7-6-8-4-3-5-9(14-2)11(8)12/h4-7H,1-2H3. The highest BCUT2D eigenvalue weighted by Crippen LogP contribution is 2.22. The molecule has 14 heavy (non-hydrogen) atoms. The van der Waals surface area contributed by atoms with E-state index in [0.717, 1.165) is 10.9 Å². The number of hydrogen-bond donors (Lipinski definition) is 0. The molecule has 0 bridgehead atoms. The van der Waals surface area contributed by atoms with Gasteiger partial charge in [-0.05, 0) is 24.3 Å². The van der Waals surface area contributed by atoms with E-state index in [-0.39, 0.29) is 5.56 Å². The molecule has 2 aromatic rings. The lowest BCUT2D eigenvalue weighted by Crippen LogP contribution is -2.15. The fourth-order valence-electron chi connectivity index (χ4n) is 1.51. The fourth-order valence-corrected chi connectivity index (χ4v) is 1.51. The summed E-state index contributed by atoms with van der Waals surface area (Å²) in [7, 11) is 3.31. The van der Waals surface area contributed by atoms with Crippen LogP contribution in [0.2, 0.25) is 0 Å². The molecule has 1 aromatic carbocycles. The molecule has 0 unspecified atom stereocenters. The predicted molar refractivity (Wildman–Crippen MR) is 54.6 cm³/mol. The van der Waals surface area contributed by atoms with Crippen molar-refractivity contribution in [2.75, 3.05) is 7.11 Å². The van der Waals surface area contributed by atoms with Crippen molar-refractivity contribution in [1.29, 1.82) is 0 Å². The van der Waals surface area contributed by atoms with Crippen LogP contribution in [0, 0.1) is 6.07 Å². The van der Waals surface area contributed by atoms with Crippen molar-refractivity contribution in [3.05, 3.63) is 40.7 Å². The van der Waals surface area contributed by atoms with E-state index in [1.807, 2.05) is 6.07 Å². The number of ether oxygens (including phenoxy) is 1. The van der Waals surface area contributed by atoms with Crippen molar-refractivity contribution in [2.45, 2.75) is 0 Å². The lowest BCUT2D eigenvalue weighted by Gasteiger charge is -2.08. The minimum atomic E-state index is -0.0398. The number of nitrogens with zero attached hydrogens (tertiary/aromatic N) is 1. The molecule has 3 nitrogen and oxygen atoms in total. The third-order valence-corrected chi connectivity index (χ3v) is 2.25. The van der Waals surface area contributed by atoms with Crippen molar-refractivity contribution in [3.63, 3.8) is 0 Å². The summed E-state index contributed by atoms with van der Waals surface area (Å²) in [6.45, 7) is 0. The smallest absolute Gasteiger partial charge is 0.250 e. The summed E-state index contributed by atoms with van der Waals surface area (Å²) in [5, 5.41) is 0.950. The lowest BCUT2D eigenvalue weighted by atomic mass is 10.2. The molecule has 0 fully saturated rings. The van der Waals surface area contributed by atoms with Gasteiger partial charge in [-0.25, -0.2) is 0 Å². The molecule has 0 saturated carbocycles. The second-order valence-corrected chi connectivity index (χ2v) is 3.06. The Balaban J connectivity index is 2.97. The molecule has 0 aliphatic heterocycles. The Morgan fingerprint density at radius 3 is 2.86 bits per heavy atom. The molecule has 1 radical (unpaired) electrons. The van der Waals surface area contributed by atoms with Crippen LogP contribution in [-0.4, -0.2) is 11.7 Å². The van der Waals surface area contributed by atoms with Crippen LogP contribution in [0.1, 0.15) is 0 Å². The molecule has 3 heteroatoms. The van der Waals surface area contributed by atoms with Crippen LogP contribution in [0.5, 0.6) is 5.75 Å². The second kappa shape index (κ2) is 3.18. The third kappa shape index (κ3) is 1.18. The van der Waals surface area contributed by atoms with Crippen LogP contribution < -0.4 is 10.3 Å². The molecule has 2 rings (SSSR count). The van der Waals surface area contributed by atoms with Crippen molar-refractivity contribution in [2.24, 2.45) is 7.05 Å². The van der Waals surface area contributed by atoms with Crippen LogP contribution in [0.25, 0.3) is 10.9 Å². The van der Waals surface area contributed by atoms with Gasteiger partial charge in [0.25, 0.3) is 5.56 Å². The molecule has 1 aromatic heterocycles. The van der Waals surface area contributed by atoms with Gasteiger partial charge in [0.1, 0.15) is 5.75 Å². The fraction of sp³-hybridized carbons (Fsp3) is 0.182. The number of fused-ring (bicyclic) bond motifs is 1. The van der Waals surface area contributed by atoms with Gasteiger partial charge in [-0.1, -0.05) is 0 Å². The highest BCUT2D eigenvalue weighted by Gasteiger charge is 2.04. The van der Waals surface area contributed by atoms with E-state index in [4.69, 9.17) is 4.74 Å². The van der Waals surface area contributed by atoms with E-state index in [1.165, 1.54) is 6.07 Å². The molecule has 0 saturated heterocycles. The molecule has 1 heterocycles. The van der Waals surface area contributed by atoms with E-state index in [0.29, 0.717) is 5.75 Å². The van der Waals surface area contributed by atoms with Crippen molar-refractivity contribution in [1.82, 2.24) is 4.57 Å². The van der Waals surface area contributed by atoms with E-state index in [2.05, 4.69) is 6.07 Å². The summed E-state index contributed by atoms with van der Waals surface area (Å²) in [4.78, 5) is 11.4. The number of rotatable bonds is 1. The molecule has 0 amide bonds. The normalized spacial score (nSPS) is 10.4. The zero-order valence-corrected chi connectivity index (χ0v) is 8.07. The third-order valence-electron chi connectivity index (χ3n) is 2.25. The number of aromatic nitrogens is 1. The molecular formula is C11H10NO2. The van der Waals surface area contributed by atoms with Gasteiger partial charge in [0.15, 0.2) is 0 Å². The topological polar surface area (TPSA) is 31.2 Å². The van der Waals surface area contributed by atoms with E-state index < -0.39 is 0 Å². The average molecular weight is 188 g/mol. The van der Waals surface area contributed by atoms with Crippen LogP contribution in [0.3, 0.4) is 0 Å². The molecule has 71 valence electrons. The number of aryl methyl sites for hydroxylation is 1. The molecule has 0 N–H and O–H groups in total. The van der Waals surface area contributed by atoms with Crippen molar-refractivity contribution < 1.29 is 4.74 Å². The second-order valence-electron chi connectivity index (χ2n) is 3.06. The minimum absolute atomic E-state index is 0.0398. The summed E-state index contributed by atoms with van der Waals surface area (Å²) in [5.41, 5.74) is 0.765. The number of pyridine rings is 1. The quantitative estimate of drug-likeness (QED) is 0.676. The van der Waals surface area contributed by atoms with Crippen LogP contribution in [0.15, 0.2) is 29.1 Å². The summed E-state index contributed by atoms with van der Waals surface area (Å²) in [6, 6.07) is 9.83. The van der Waals surface area contributed by atoms with Gasteiger partial charge in [0, 0.05) is 18.5 Å². The SMILES string of the molecule is COc1c[c]cc2ccc(=O)n(C)c12. The zero-order chi connectivity index (χ0) is 10.1. The maximum absolute atomic E-state index is 11.4. The Kier molecular flexibility index (Phi) is 2.00. The van der Waals surface area contributed by atoms with Gasteiger partial charge < -0.3 is 9.30 Å². The van der Waals surface area contributed by atoms with Gasteiger partial charge in [0.05, 0.1) is 12.6 Å². The number of hydrogen-bond acceptors (Lipinski definition) is 2. The average Bonchev–Trinajstić information content (AvgIpc) is 2.23. The van der Waals surface area contributed by atoms with E-state index in [1.54, 1.807) is 30.9 Å². The molecule has 0 atom stereocenters. The highest BCUT2D eigenvalue weighted by molar-refractivity contribution is 5.84. The van der Waals surface area contributed by atoms with Gasteiger partial charge in [-0.3, -0.25) is 4.79 Å². The number of benzene rings is 1. The van der Waals surface area contributed by atoms with Crippen LogP contribution in [0.4, 0.5) is 0 Å². The first kappa shape index (κ1) is 8.81. The Bertz CT molecular complexity index is 528. The van der Waals surface area contributed by atoms with Gasteiger partial charge in [-0.2, -0.15) is 0 Å². The Labute approximate surface area is 81.5 Å². The molecular weight excluding hydrogens is 178 g/mol. The van der Waals surface area contributed by atoms with Crippen LogP contribution >= 0.6 is 0 Å². The predicted octanol–water partition coefficient (Wildman–Crippen LogP) is 1.35. The largest absolute Gasteiger partial charge is 0.495 e. The first-order valence-electron chi connectivity index (χ1n) is 4.28. The first-order chi connectivity index (χ1) is 6.74.